The molecule has 0 aliphatic rings. The third-order valence-electron chi connectivity index (χ3n) is 6.44. The highest BCUT2D eigenvalue weighted by Gasteiger charge is 2.36. The lowest BCUT2D eigenvalue weighted by atomic mass is 9.66. The number of benzene rings is 3. The molecule has 0 aromatic heterocycles. The average molecular weight is 525 g/mol. The van der Waals surface area contributed by atoms with E-state index in [1.54, 1.807) is 0 Å². The fourth-order valence-corrected chi connectivity index (χ4v) is 4.88. The minimum absolute atomic E-state index is 0.140. The zero-order valence-corrected chi connectivity index (χ0v) is 22.2. The van der Waals surface area contributed by atoms with Gasteiger partial charge in [0.25, 0.3) is 0 Å². The van der Waals surface area contributed by atoms with Gasteiger partial charge >= 0.3 is 0 Å². The lowest BCUT2D eigenvalue weighted by Crippen LogP contribution is -2.30. The average Bonchev–Trinajstić information content (AvgIpc) is 2.74. The maximum atomic E-state index is 2.52. The fourth-order valence-electron chi connectivity index (χ4n) is 4.50. The molecule has 0 saturated heterocycles. The molecule has 0 saturated carbocycles. The Balaban J connectivity index is 2.23. The molecule has 3 rings (SSSR count). The van der Waals surface area contributed by atoms with Crippen molar-refractivity contribution in [2.45, 2.75) is 70.6 Å². The molecule has 0 nitrogen and oxygen atoms in total. The summed E-state index contributed by atoms with van der Waals surface area (Å²) in [6.45, 7) is 13.7. The van der Waals surface area contributed by atoms with Crippen LogP contribution < -0.4 is 0 Å². The van der Waals surface area contributed by atoms with Gasteiger partial charge in [0.05, 0.1) is 0 Å². The maximum Gasteiger partial charge on any atom is 0.0451 e. The topological polar surface area (TPSA) is 0 Å². The van der Waals surface area contributed by atoms with Crippen LogP contribution in [0.2, 0.25) is 0 Å². The van der Waals surface area contributed by atoms with Crippen LogP contribution in [0.15, 0.2) is 78.9 Å². The van der Waals surface area contributed by atoms with Crippen molar-refractivity contribution in [3.05, 3.63) is 107 Å². The third kappa shape index (κ3) is 5.25. The molecule has 0 radical (unpaired) electrons. The summed E-state index contributed by atoms with van der Waals surface area (Å²) in [4.78, 5) is 0. The highest BCUT2D eigenvalue weighted by Crippen LogP contribution is 2.44. The zero-order chi connectivity index (χ0) is 22.7. The molecule has 0 bridgehead atoms. The molecule has 0 unspecified atom stereocenters. The lowest BCUT2D eigenvalue weighted by Gasteiger charge is -2.37. The van der Waals surface area contributed by atoms with Gasteiger partial charge in [0.15, 0.2) is 0 Å². The molecular formula is C30H37I. The van der Waals surface area contributed by atoms with Crippen LogP contribution >= 0.6 is 22.6 Å². The maximum absolute atomic E-state index is 2.52. The molecule has 3 aromatic carbocycles. The number of halogens is 1. The van der Waals surface area contributed by atoms with Gasteiger partial charge in [-0.2, -0.15) is 0 Å². The lowest BCUT2D eigenvalue weighted by molar-refractivity contribution is 0.549. The first kappa shape index (κ1) is 24.0. The minimum Gasteiger partial charge on any atom is -0.0864 e. The molecule has 0 fully saturated rings. The summed E-state index contributed by atoms with van der Waals surface area (Å²) in [5.41, 5.74) is 7.10. The number of alkyl halides is 1. The van der Waals surface area contributed by atoms with Crippen LogP contribution in [-0.2, 0) is 16.2 Å². The largest absolute Gasteiger partial charge is 0.0864 e. The Morgan fingerprint density at radius 3 is 1.23 bits per heavy atom. The van der Waals surface area contributed by atoms with Gasteiger partial charge in [0.2, 0.25) is 0 Å². The van der Waals surface area contributed by atoms with E-state index in [0.29, 0.717) is 0 Å². The second-order valence-corrected chi connectivity index (χ2v) is 11.8. The van der Waals surface area contributed by atoms with E-state index in [1.165, 1.54) is 34.2 Å². The summed E-state index contributed by atoms with van der Waals surface area (Å²) in [7, 11) is 0. The van der Waals surface area contributed by atoms with Crippen molar-refractivity contribution in [3.8, 4) is 0 Å². The first-order valence-corrected chi connectivity index (χ1v) is 12.9. The van der Waals surface area contributed by atoms with E-state index in [1.807, 2.05) is 0 Å². The summed E-state index contributed by atoms with van der Waals surface area (Å²) in [6.07, 6.45) is 2.28. The number of rotatable bonds is 6. The van der Waals surface area contributed by atoms with Crippen molar-refractivity contribution in [2.75, 3.05) is 4.43 Å². The van der Waals surface area contributed by atoms with Crippen LogP contribution in [0, 0.1) is 0 Å². The highest BCUT2D eigenvalue weighted by molar-refractivity contribution is 14.1. The fraction of sp³-hybridized carbons (Fsp3) is 0.400. The van der Waals surface area contributed by atoms with Gasteiger partial charge in [0, 0.05) is 5.41 Å². The Hall–Kier alpha value is -1.61. The SMILES string of the molecule is CC(C)(C)c1ccc(C(CCCI)(c2ccccc2)c2ccc(C(C)(C)C)cc2)cc1. The van der Waals surface area contributed by atoms with Gasteiger partial charge < -0.3 is 0 Å². The van der Waals surface area contributed by atoms with Gasteiger partial charge in [-0.15, -0.1) is 0 Å². The Labute approximate surface area is 203 Å². The van der Waals surface area contributed by atoms with Crippen LogP contribution in [0.3, 0.4) is 0 Å². The van der Waals surface area contributed by atoms with E-state index in [-0.39, 0.29) is 16.2 Å². The molecule has 0 aliphatic heterocycles. The zero-order valence-electron chi connectivity index (χ0n) is 20.0. The summed E-state index contributed by atoms with van der Waals surface area (Å²) in [6, 6.07) is 29.9. The van der Waals surface area contributed by atoms with Crippen LogP contribution in [0.4, 0.5) is 0 Å². The van der Waals surface area contributed by atoms with Crippen LogP contribution in [0.1, 0.15) is 82.2 Å². The summed E-state index contributed by atoms with van der Waals surface area (Å²) >= 11 is 2.52. The molecule has 164 valence electrons. The van der Waals surface area contributed by atoms with Crippen LogP contribution in [0.25, 0.3) is 0 Å². The molecule has 0 heterocycles. The molecule has 0 atom stereocenters. The van der Waals surface area contributed by atoms with Crippen molar-refractivity contribution in [1.82, 2.24) is 0 Å². The monoisotopic (exact) mass is 524 g/mol. The molecule has 0 aliphatic carbocycles. The third-order valence-corrected chi connectivity index (χ3v) is 7.20. The van der Waals surface area contributed by atoms with Crippen molar-refractivity contribution >= 4 is 22.6 Å². The van der Waals surface area contributed by atoms with E-state index in [2.05, 4.69) is 143 Å². The van der Waals surface area contributed by atoms with E-state index in [9.17, 15) is 0 Å². The van der Waals surface area contributed by atoms with Crippen LogP contribution in [0.5, 0.6) is 0 Å². The molecule has 3 aromatic rings. The first-order chi connectivity index (χ1) is 14.6. The smallest absolute Gasteiger partial charge is 0.0451 e. The van der Waals surface area contributed by atoms with Crippen molar-refractivity contribution in [1.29, 1.82) is 0 Å². The molecule has 0 spiro atoms. The summed E-state index contributed by atoms with van der Waals surface area (Å²) in [5, 5.41) is 0. The highest BCUT2D eigenvalue weighted by atomic mass is 127. The quantitative estimate of drug-likeness (QED) is 0.172. The normalized spacial score (nSPS) is 12.7. The number of hydrogen-bond acceptors (Lipinski definition) is 0. The second-order valence-electron chi connectivity index (χ2n) is 10.7. The van der Waals surface area contributed by atoms with Crippen molar-refractivity contribution in [3.63, 3.8) is 0 Å². The van der Waals surface area contributed by atoms with E-state index in [4.69, 9.17) is 0 Å². The minimum atomic E-state index is -0.140. The first-order valence-electron chi connectivity index (χ1n) is 11.4. The second kappa shape index (κ2) is 9.48. The Kier molecular flexibility index (Phi) is 7.35. The summed E-state index contributed by atoms with van der Waals surface area (Å²) < 4.78 is 1.16. The van der Waals surface area contributed by atoms with E-state index < -0.39 is 0 Å². The number of hydrogen-bond donors (Lipinski definition) is 0. The van der Waals surface area contributed by atoms with Crippen LogP contribution in [-0.4, -0.2) is 4.43 Å². The molecule has 1 heteroatoms. The Morgan fingerprint density at radius 2 is 0.871 bits per heavy atom. The molecule has 0 amide bonds. The summed E-state index contributed by atoms with van der Waals surface area (Å²) in [5.74, 6) is 0. The van der Waals surface area contributed by atoms with Gasteiger partial charge in [-0.25, -0.2) is 0 Å². The molecule has 0 N–H and O–H groups in total. The Bertz CT molecular complexity index is 895. The van der Waals surface area contributed by atoms with E-state index >= 15 is 0 Å². The van der Waals surface area contributed by atoms with Gasteiger partial charge in [0.1, 0.15) is 0 Å². The van der Waals surface area contributed by atoms with Gasteiger partial charge in [-0.3, -0.25) is 0 Å². The predicted molar refractivity (Wildman–Crippen MR) is 145 cm³/mol. The van der Waals surface area contributed by atoms with Crippen molar-refractivity contribution in [2.24, 2.45) is 0 Å². The standard InChI is InChI=1S/C30H37I/c1-28(2,3)23-13-17-26(18-14-23)30(21-10-22-31,25-11-8-7-9-12-25)27-19-15-24(16-20-27)29(4,5)6/h7-9,11-20H,10,21-22H2,1-6H3. The van der Waals surface area contributed by atoms with E-state index in [0.717, 1.165) is 10.8 Å². The molecular weight excluding hydrogens is 487 g/mol. The van der Waals surface area contributed by atoms with Crippen molar-refractivity contribution < 1.29 is 0 Å². The van der Waals surface area contributed by atoms with Gasteiger partial charge in [-0.05, 0) is 55.9 Å². The Morgan fingerprint density at radius 1 is 0.516 bits per heavy atom. The van der Waals surface area contributed by atoms with Gasteiger partial charge in [-0.1, -0.05) is 143 Å². The molecule has 31 heavy (non-hydrogen) atoms. The predicted octanol–water partition coefficient (Wildman–Crippen LogP) is 8.83.